The number of hydrogen-bond donors (Lipinski definition) is 0. The maximum absolute atomic E-state index is 11.8. The van der Waals surface area contributed by atoms with Crippen molar-refractivity contribution in [3.05, 3.63) is 0 Å². The summed E-state index contributed by atoms with van der Waals surface area (Å²) < 4.78 is 5.86. The first kappa shape index (κ1) is 11.3. The summed E-state index contributed by atoms with van der Waals surface area (Å²) in [6.45, 7) is 1.92. The van der Waals surface area contributed by atoms with Gasteiger partial charge in [0.25, 0.3) is 0 Å². The number of halogens is 1. The number of esters is 1. The molecule has 0 heterocycles. The van der Waals surface area contributed by atoms with Gasteiger partial charge in [-0.15, -0.1) is 0 Å². The quantitative estimate of drug-likeness (QED) is 0.440. The molecule has 0 N–H and O–H groups in total. The fourth-order valence-corrected chi connectivity index (χ4v) is 4.58. The van der Waals surface area contributed by atoms with Crippen LogP contribution in [0.4, 0.5) is 0 Å². The van der Waals surface area contributed by atoms with Crippen molar-refractivity contribution in [1.29, 1.82) is 0 Å². The van der Waals surface area contributed by atoms with Crippen LogP contribution >= 0.6 is 22.6 Å². The average molecular weight is 334 g/mol. The van der Waals surface area contributed by atoms with Gasteiger partial charge in [-0.2, -0.15) is 0 Å². The molecule has 4 aliphatic carbocycles. The van der Waals surface area contributed by atoms with Crippen LogP contribution in [0.3, 0.4) is 0 Å². The normalized spacial score (nSPS) is 46.8. The number of alkyl halides is 1. The molecule has 16 heavy (non-hydrogen) atoms. The summed E-state index contributed by atoms with van der Waals surface area (Å²) in [6.07, 6.45) is 7.64. The summed E-state index contributed by atoms with van der Waals surface area (Å²) in [5, 5.41) is 0. The first-order chi connectivity index (χ1) is 7.56. The number of hydrogen-bond acceptors (Lipinski definition) is 2. The lowest BCUT2D eigenvalue weighted by atomic mass is 9.54. The zero-order valence-electron chi connectivity index (χ0n) is 9.75. The van der Waals surface area contributed by atoms with Crippen LogP contribution in [0.2, 0.25) is 0 Å². The Bertz CT molecular complexity index is 276. The van der Waals surface area contributed by atoms with E-state index in [0.717, 1.165) is 37.0 Å². The molecule has 0 amide bonds. The Labute approximate surface area is 111 Å². The molecular weight excluding hydrogens is 315 g/mol. The molecule has 0 aromatic carbocycles. The third kappa shape index (κ3) is 1.89. The number of carbonyl (C=O) groups is 1. The molecule has 1 atom stereocenters. The van der Waals surface area contributed by atoms with Crippen LogP contribution in [0.15, 0.2) is 0 Å². The molecule has 0 radical (unpaired) electrons. The monoisotopic (exact) mass is 334 g/mol. The van der Waals surface area contributed by atoms with Crippen LogP contribution < -0.4 is 0 Å². The molecule has 0 aliphatic heterocycles. The van der Waals surface area contributed by atoms with Gasteiger partial charge in [0.1, 0.15) is 9.53 Å². The maximum Gasteiger partial charge on any atom is 0.319 e. The fourth-order valence-electron chi connectivity index (χ4n) is 4.45. The van der Waals surface area contributed by atoms with Crippen molar-refractivity contribution in [3.8, 4) is 0 Å². The van der Waals surface area contributed by atoms with Gasteiger partial charge in [0.05, 0.1) is 0 Å². The van der Waals surface area contributed by atoms with Gasteiger partial charge < -0.3 is 4.74 Å². The summed E-state index contributed by atoms with van der Waals surface area (Å²) in [5.74, 6) is 2.55. The van der Waals surface area contributed by atoms with Gasteiger partial charge in [-0.05, 0) is 63.2 Å². The van der Waals surface area contributed by atoms with Crippen LogP contribution in [0.25, 0.3) is 0 Å². The highest BCUT2D eigenvalue weighted by Crippen LogP contribution is 2.57. The lowest BCUT2D eigenvalue weighted by Crippen LogP contribution is -2.53. The van der Waals surface area contributed by atoms with Gasteiger partial charge in [-0.25, -0.2) is 0 Å². The van der Waals surface area contributed by atoms with Crippen molar-refractivity contribution in [2.75, 3.05) is 0 Å². The first-order valence-corrected chi connectivity index (χ1v) is 7.68. The van der Waals surface area contributed by atoms with E-state index in [0.29, 0.717) is 0 Å². The highest BCUT2D eigenvalue weighted by Gasteiger charge is 2.53. The second-order valence-electron chi connectivity index (χ2n) is 6.14. The van der Waals surface area contributed by atoms with Gasteiger partial charge in [-0.3, -0.25) is 4.79 Å². The van der Waals surface area contributed by atoms with E-state index in [1.54, 1.807) is 0 Å². The lowest BCUT2D eigenvalue weighted by molar-refractivity contribution is -0.185. The SMILES string of the molecule is CC(I)C(=O)OC12CC3CC(CC(C3)C1)C2. The predicted octanol–water partition coefficient (Wildman–Crippen LogP) is 3.32. The van der Waals surface area contributed by atoms with Crippen LogP contribution in [0.1, 0.15) is 45.4 Å². The number of rotatable bonds is 2. The Balaban J connectivity index is 1.76. The molecule has 1 unspecified atom stereocenters. The van der Waals surface area contributed by atoms with E-state index in [9.17, 15) is 4.79 Å². The smallest absolute Gasteiger partial charge is 0.319 e. The highest BCUT2D eigenvalue weighted by atomic mass is 127. The van der Waals surface area contributed by atoms with Gasteiger partial charge in [0.15, 0.2) is 0 Å². The largest absolute Gasteiger partial charge is 0.458 e. The summed E-state index contributed by atoms with van der Waals surface area (Å²) >= 11 is 2.15. The minimum atomic E-state index is -0.0503. The standard InChI is InChI=1S/C13H19IO2/c1-8(14)12(15)16-13-5-9-2-10(6-13)4-11(3-9)7-13/h8-11H,2-7H2,1H3. The first-order valence-electron chi connectivity index (χ1n) is 6.43. The van der Waals surface area contributed by atoms with Crippen molar-refractivity contribution in [3.63, 3.8) is 0 Å². The van der Waals surface area contributed by atoms with Crippen molar-refractivity contribution in [2.24, 2.45) is 17.8 Å². The number of ether oxygens (including phenoxy) is 1. The van der Waals surface area contributed by atoms with Crippen molar-refractivity contribution < 1.29 is 9.53 Å². The molecule has 4 saturated carbocycles. The van der Waals surface area contributed by atoms with Gasteiger partial charge in [0, 0.05) is 0 Å². The topological polar surface area (TPSA) is 26.3 Å². The molecule has 0 aromatic rings. The summed E-state index contributed by atoms with van der Waals surface area (Å²) in [6, 6.07) is 0. The second-order valence-corrected chi connectivity index (χ2v) is 8.01. The zero-order valence-corrected chi connectivity index (χ0v) is 11.9. The van der Waals surface area contributed by atoms with E-state index >= 15 is 0 Å². The molecule has 90 valence electrons. The molecule has 4 aliphatic rings. The Kier molecular flexibility index (Phi) is 2.72. The van der Waals surface area contributed by atoms with E-state index in [-0.39, 0.29) is 15.5 Å². The summed E-state index contributed by atoms with van der Waals surface area (Å²) in [7, 11) is 0. The van der Waals surface area contributed by atoms with E-state index in [1.807, 2.05) is 6.92 Å². The minimum Gasteiger partial charge on any atom is -0.458 e. The van der Waals surface area contributed by atoms with E-state index in [2.05, 4.69) is 22.6 Å². The van der Waals surface area contributed by atoms with Gasteiger partial charge in [0.2, 0.25) is 0 Å². The molecule has 3 heteroatoms. The van der Waals surface area contributed by atoms with Crippen molar-refractivity contribution >= 4 is 28.6 Å². The molecule has 0 saturated heterocycles. The molecular formula is C13H19IO2. The van der Waals surface area contributed by atoms with Gasteiger partial charge in [-0.1, -0.05) is 22.6 Å². The third-order valence-electron chi connectivity index (χ3n) is 4.62. The molecule has 0 aromatic heterocycles. The van der Waals surface area contributed by atoms with Crippen LogP contribution in [-0.2, 0) is 9.53 Å². The van der Waals surface area contributed by atoms with E-state index < -0.39 is 0 Å². The Hall–Kier alpha value is 0.200. The molecule has 4 fully saturated rings. The third-order valence-corrected chi connectivity index (χ3v) is 5.13. The van der Waals surface area contributed by atoms with Gasteiger partial charge >= 0.3 is 5.97 Å². The Morgan fingerprint density at radius 1 is 1.19 bits per heavy atom. The molecule has 0 spiro atoms. The predicted molar refractivity (Wildman–Crippen MR) is 70.5 cm³/mol. The van der Waals surface area contributed by atoms with E-state index in [1.165, 1.54) is 19.3 Å². The fraction of sp³-hybridized carbons (Fsp3) is 0.923. The zero-order chi connectivity index (χ0) is 11.3. The number of carbonyl (C=O) groups excluding carboxylic acids is 1. The van der Waals surface area contributed by atoms with Crippen LogP contribution in [-0.4, -0.2) is 15.5 Å². The van der Waals surface area contributed by atoms with Crippen LogP contribution in [0, 0.1) is 17.8 Å². The summed E-state index contributed by atoms with van der Waals surface area (Å²) in [4.78, 5) is 11.8. The molecule has 4 bridgehead atoms. The second kappa shape index (κ2) is 3.85. The minimum absolute atomic E-state index is 0.00236. The highest BCUT2D eigenvalue weighted by molar-refractivity contribution is 14.1. The molecule has 4 rings (SSSR count). The molecule has 2 nitrogen and oxygen atoms in total. The average Bonchev–Trinajstić information content (AvgIpc) is 2.13. The van der Waals surface area contributed by atoms with E-state index in [4.69, 9.17) is 4.74 Å². The van der Waals surface area contributed by atoms with Crippen molar-refractivity contribution in [2.45, 2.75) is 55.0 Å². The lowest BCUT2D eigenvalue weighted by Gasteiger charge is -2.55. The summed E-state index contributed by atoms with van der Waals surface area (Å²) in [5.41, 5.74) is -0.0503. The van der Waals surface area contributed by atoms with Crippen molar-refractivity contribution in [1.82, 2.24) is 0 Å². The van der Waals surface area contributed by atoms with Crippen LogP contribution in [0.5, 0.6) is 0 Å². The maximum atomic E-state index is 11.8. The Morgan fingerprint density at radius 2 is 1.62 bits per heavy atom. The Morgan fingerprint density at radius 3 is 2.00 bits per heavy atom.